The summed E-state index contributed by atoms with van der Waals surface area (Å²) in [6.45, 7) is 0.272. The zero-order valence-electron chi connectivity index (χ0n) is 20.1. The number of hydrogen-bond acceptors (Lipinski definition) is 4. The number of rotatable bonds is 6. The first-order chi connectivity index (χ1) is 17.4. The van der Waals surface area contributed by atoms with E-state index in [4.69, 9.17) is 4.74 Å². The highest BCUT2D eigenvalue weighted by atomic mass is 16.5. The van der Waals surface area contributed by atoms with Gasteiger partial charge in [-0.25, -0.2) is 9.59 Å². The predicted octanol–water partition coefficient (Wildman–Crippen LogP) is 4.23. The fourth-order valence-electron chi connectivity index (χ4n) is 4.33. The summed E-state index contributed by atoms with van der Waals surface area (Å²) in [5.41, 5.74) is 4.98. The molecule has 0 aromatic heterocycles. The average molecular weight is 489 g/mol. The monoisotopic (exact) mass is 488 g/mol. The number of benzene rings is 3. The molecule has 0 aliphatic carbocycles. The molecule has 4 N–H and O–H groups in total. The number of carbonyl (C=O) groups is 3. The second kappa shape index (κ2) is 10.8. The summed E-state index contributed by atoms with van der Waals surface area (Å²) in [4.78, 5) is 38.2. The highest BCUT2D eigenvalue weighted by Crippen LogP contribution is 2.33. The first kappa shape index (κ1) is 24.6. The van der Waals surface area contributed by atoms with E-state index in [-0.39, 0.29) is 18.5 Å². The summed E-state index contributed by atoms with van der Waals surface area (Å²) < 4.78 is 5.35. The van der Waals surface area contributed by atoms with E-state index in [2.05, 4.69) is 16.0 Å². The first-order valence-corrected chi connectivity index (χ1v) is 11.5. The fraction of sp³-hybridized carbons (Fsp3) is 0.222. The Morgan fingerprint density at radius 1 is 1.08 bits per heavy atom. The maximum Gasteiger partial charge on any atom is 0.405 e. The number of urea groups is 1. The van der Waals surface area contributed by atoms with Crippen LogP contribution in [-0.2, 0) is 17.8 Å². The zero-order valence-corrected chi connectivity index (χ0v) is 20.1. The molecule has 0 bridgehead atoms. The van der Waals surface area contributed by atoms with Gasteiger partial charge < -0.3 is 30.7 Å². The molecule has 0 saturated heterocycles. The van der Waals surface area contributed by atoms with Gasteiger partial charge in [-0.15, -0.1) is 0 Å². The lowest BCUT2D eigenvalue weighted by molar-refractivity contribution is -0.120. The Morgan fingerprint density at radius 2 is 1.83 bits per heavy atom. The Kier molecular flexibility index (Phi) is 7.39. The maximum absolute atomic E-state index is 13.4. The molecule has 3 aromatic rings. The van der Waals surface area contributed by atoms with Gasteiger partial charge in [-0.2, -0.15) is 0 Å². The molecule has 1 aliphatic rings. The van der Waals surface area contributed by atoms with Gasteiger partial charge in [0.15, 0.2) is 0 Å². The number of anilines is 2. The molecule has 3 aromatic carbocycles. The lowest BCUT2D eigenvalue weighted by Gasteiger charge is -2.26. The summed E-state index contributed by atoms with van der Waals surface area (Å²) in [6.07, 6.45) is -0.339. The third-order valence-electron chi connectivity index (χ3n) is 6.15. The SMILES string of the molecule is CNC(=O)Nc1ccccc1-c1ccc(CN2C(=O)[C@H](NC(=O)O)CCc3cc(OC)ccc32)cc1. The molecule has 0 fully saturated rings. The van der Waals surface area contributed by atoms with Crippen molar-refractivity contribution in [1.29, 1.82) is 0 Å². The largest absolute Gasteiger partial charge is 0.497 e. The minimum Gasteiger partial charge on any atom is -0.497 e. The van der Waals surface area contributed by atoms with E-state index in [9.17, 15) is 19.5 Å². The summed E-state index contributed by atoms with van der Waals surface area (Å²) in [7, 11) is 3.14. The van der Waals surface area contributed by atoms with Crippen molar-refractivity contribution in [3.63, 3.8) is 0 Å². The Morgan fingerprint density at radius 3 is 2.53 bits per heavy atom. The second-order valence-corrected chi connectivity index (χ2v) is 8.41. The highest BCUT2D eigenvalue weighted by Gasteiger charge is 2.31. The van der Waals surface area contributed by atoms with E-state index in [1.165, 1.54) is 0 Å². The van der Waals surface area contributed by atoms with E-state index >= 15 is 0 Å². The van der Waals surface area contributed by atoms with Crippen molar-refractivity contribution in [3.8, 4) is 16.9 Å². The zero-order chi connectivity index (χ0) is 25.7. The Bertz CT molecular complexity index is 1280. The number of methoxy groups -OCH3 is 1. The van der Waals surface area contributed by atoms with Crippen molar-refractivity contribution >= 4 is 29.4 Å². The van der Waals surface area contributed by atoms with Crippen LogP contribution in [0.15, 0.2) is 66.7 Å². The van der Waals surface area contributed by atoms with Gasteiger partial charge in [0, 0.05) is 18.3 Å². The molecule has 0 radical (unpaired) electrons. The minimum absolute atomic E-state index is 0.272. The normalized spacial score (nSPS) is 14.9. The third-order valence-corrected chi connectivity index (χ3v) is 6.15. The van der Waals surface area contributed by atoms with Crippen LogP contribution in [0.3, 0.4) is 0 Å². The molecule has 36 heavy (non-hydrogen) atoms. The van der Waals surface area contributed by atoms with Crippen LogP contribution < -0.4 is 25.6 Å². The van der Waals surface area contributed by atoms with Crippen LogP contribution in [0.2, 0.25) is 0 Å². The number of para-hydroxylation sites is 1. The van der Waals surface area contributed by atoms with Crippen molar-refractivity contribution in [1.82, 2.24) is 10.6 Å². The number of ether oxygens (including phenoxy) is 1. The van der Waals surface area contributed by atoms with E-state index in [0.717, 1.165) is 27.9 Å². The van der Waals surface area contributed by atoms with Crippen molar-refractivity contribution in [3.05, 3.63) is 77.9 Å². The van der Waals surface area contributed by atoms with Crippen LogP contribution in [0, 0.1) is 0 Å². The lowest BCUT2D eigenvalue weighted by atomic mass is 10.0. The van der Waals surface area contributed by atoms with E-state index in [1.807, 2.05) is 60.7 Å². The van der Waals surface area contributed by atoms with Gasteiger partial charge >= 0.3 is 12.1 Å². The number of aryl methyl sites for hydroxylation is 1. The molecule has 1 heterocycles. The number of carboxylic acid groups (broad SMARTS) is 1. The van der Waals surface area contributed by atoms with E-state index < -0.39 is 12.1 Å². The minimum atomic E-state index is -1.23. The topological polar surface area (TPSA) is 120 Å². The Balaban J connectivity index is 1.63. The molecule has 4 rings (SSSR count). The van der Waals surface area contributed by atoms with Gasteiger partial charge in [0.05, 0.1) is 19.3 Å². The summed E-state index contributed by atoms with van der Waals surface area (Å²) in [5.74, 6) is 0.379. The molecule has 186 valence electrons. The number of nitrogens with zero attached hydrogens (tertiary/aromatic N) is 1. The number of nitrogens with one attached hydrogen (secondary N) is 3. The van der Waals surface area contributed by atoms with E-state index in [1.54, 1.807) is 25.1 Å². The second-order valence-electron chi connectivity index (χ2n) is 8.41. The van der Waals surface area contributed by atoms with Gasteiger partial charge in [0.25, 0.3) is 0 Å². The number of fused-ring (bicyclic) bond motifs is 1. The first-order valence-electron chi connectivity index (χ1n) is 11.5. The van der Waals surface area contributed by atoms with Gasteiger partial charge in [0.1, 0.15) is 11.8 Å². The van der Waals surface area contributed by atoms with Crippen molar-refractivity contribution in [2.45, 2.75) is 25.4 Å². The van der Waals surface area contributed by atoms with Crippen molar-refractivity contribution in [2.75, 3.05) is 24.4 Å². The molecule has 9 nitrogen and oxygen atoms in total. The van der Waals surface area contributed by atoms with E-state index in [0.29, 0.717) is 24.3 Å². The highest BCUT2D eigenvalue weighted by molar-refractivity contribution is 6.00. The number of amides is 4. The lowest BCUT2D eigenvalue weighted by Crippen LogP contribution is -2.47. The van der Waals surface area contributed by atoms with Gasteiger partial charge in [-0.1, -0.05) is 42.5 Å². The molecule has 1 atom stereocenters. The van der Waals surface area contributed by atoms with Crippen LogP contribution in [0.4, 0.5) is 21.0 Å². The van der Waals surface area contributed by atoms with Crippen molar-refractivity contribution in [2.24, 2.45) is 0 Å². The molecule has 0 saturated carbocycles. The Hall–Kier alpha value is -4.53. The maximum atomic E-state index is 13.4. The standard InChI is InChI=1S/C27H28N4O5/c1-28-26(33)29-22-6-4-3-5-21(22)18-9-7-17(8-10-18)16-31-24-14-12-20(36-2)15-19(24)11-13-23(25(31)32)30-27(34)35/h3-10,12,14-15,23,30H,11,13,16H2,1-2H3,(H,34,35)(H2,28,29,33)/t23-/m1/s1. The number of hydrogen-bond donors (Lipinski definition) is 4. The predicted molar refractivity (Wildman–Crippen MR) is 137 cm³/mol. The van der Waals surface area contributed by atoms with Crippen LogP contribution >= 0.6 is 0 Å². The molecule has 9 heteroatoms. The summed E-state index contributed by atoms with van der Waals surface area (Å²) >= 11 is 0. The molecular formula is C27H28N4O5. The number of carbonyl (C=O) groups excluding carboxylic acids is 2. The molecule has 1 aliphatic heterocycles. The van der Waals surface area contributed by atoms with Gasteiger partial charge in [0.2, 0.25) is 5.91 Å². The summed E-state index contributed by atoms with van der Waals surface area (Å²) in [5, 5.41) is 17.0. The quantitative estimate of drug-likeness (QED) is 0.414. The van der Waals surface area contributed by atoms with Gasteiger partial charge in [-0.05, 0) is 53.8 Å². The van der Waals surface area contributed by atoms with Crippen LogP contribution in [-0.4, -0.2) is 43.3 Å². The van der Waals surface area contributed by atoms with Crippen LogP contribution in [0.5, 0.6) is 5.75 Å². The molecule has 0 unspecified atom stereocenters. The molecule has 0 spiro atoms. The van der Waals surface area contributed by atoms with Crippen LogP contribution in [0.25, 0.3) is 11.1 Å². The molecular weight excluding hydrogens is 460 g/mol. The smallest absolute Gasteiger partial charge is 0.405 e. The van der Waals surface area contributed by atoms with Gasteiger partial charge in [-0.3, -0.25) is 4.79 Å². The Labute approximate surface area is 209 Å². The molecule has 4 amide bonds. The third kappa shape index (κ3) is 5.41. The summed E-state index contributed by atoms with van der Waals surface area (Å²) in [6, 6.07) is 19.6. The fourth-order valence-corrected chi connectivity index (χ4v) is 4.33. The van der Waals surface area contributed by atoms with Crippen molar-refractivity contribution < 1.29 is 24.2 Å². The average Bonchev–Trinajstić information content (AvgIpc) is 3.01. The van der Waals surface area contributed by atoms with Crippen LogP contribution in [0.1, 0.15) is 17.5 Å².